The number of hydrogen-bond acceptors (Lipinski definition) is 3. The number of rotatable bonds is 5. The topological polar surface area (TPSA) is 32.3 Å². The van der Waals surface area contributed by atoms with Gasteiger partial charge in [0, 0.05) is 21.2 Å². The standard InChI is InChI=1S/C11H15Cl2NOS/c1-11(6-15,14-2)7-16-10-5-8(12)3-4-9(10)13/h3-5,14-15H,6-7H2,1-2H3. The van der Waals surface area contributed by atoms with Crippen molar-refractivity contribution in [3.05, 3.63) is 28.2 Å². The zero-order chi connectivity index (χ0) is 12.2. The van der Waals surface area contributed by atoms with Gasteiger partial charge < -0.3 is 10.4 Å². The van der Waals surface area contributed by atoms with Crippen LogP contribution in [0.3, 0.4) is 0 Å². The van der Waals surface area contributed by atoms with Crippen molar-refractivity contribution in [2.24, 2.45) is 0 Å². The number of aliphatic hydroxyl groups is 1. The predicted octanol–water partition coefficient (Wildman–Crippen LogP) is 3.06. The highest BCUT2D eigenvalue weighted by Gasteiger charge is 2.21. The van der Waals surface area contributed by atoms with E-state index in [0.29, 0.717) is 10.0 Å². The maximum Gasteiger partial charge on any atom is 0.0618 e. The first-order valence-corrected chi connectivity index (χ1v) is 6.62. The average molecular weight is 280 g/mol. The minimum atomic E-state index is -0.309. The van der Waals surface area contributed by atoms with Crippen LogP contribution in [0.4, 0.5) is 0 Å². The molecule has 0 aromatic heterocycles. The molecule has 0 heterocycles. The van der Waals surface area contributed by atoms with E-state index in [1.165, 1.54) is 0 Å². The lowest BCUT2D eigenvalue weighted by molar-refractivity contribution is 0.200. The quantitative estimate of drug-likeness (QED) is 0.813. The Labute approximate surface area is 110 Å². The molecule has 0 spiro atoms. The minimum Gasteiger partial charge on any atom is -0.394 e. The van der Waals surface area contributed by atoms with E-state index >= 15 is 0 Å². The van der Waals surface area contributed by atoms with Crippen LogP contribution in [-0.4, -0.2) is 30.1 Å². The number of aliphatic hydroxyl groups excluding tert-OH is 1. The summed E-state index contributed by atoms with van der Waals surface area (Å²) in [6.07, 6.45) is 0. The molecule has 16 heavy (non-hydrogen) atoms. The van der Waals surface area contributed by atoms with Crippen LogP contribution in [0.15, 0.2) is 23.1 Å². The highest BCUT2D eigenvalue weighted by molar-refractivity contribution is 7.99. The first-order chi connectivity index (χ1) is 7.50. The largest absolute Gasteiger partial charge is 0.394 e. The molecule has 0 bridgehead atoms. The molecule has 0 aliphatic carbocycles. The number of nitrogens with one attached hydrogen (secondary N) is 1. The summed E-state index contributed by atoms with van der Waals surface area (Å²) in [4.78, 5) is 0.934. The molecule has 0 saturated heterocycles. The summed E-state index contributed by atoms with van der Waals surface area (Å²) in [6.45, 7) is 2.03. The van der Waals surface area contributed by atoms with E-state index in [9.17, 15) is 5.11 Å². The van der Waals surface area contributed by atoms with E-state index in [1.54, 1.807) is 23.9 Å². The summed E-state index contributed by atoms with van der Waals surface area (Å²) in [7, 11) is 1.83. The SMILES string of the molecule is CNC(C)(CO)CSc1cc(Cl)ccc1Cl. The van der Waals surface area contributed by atoms with E-state index in [1.807, 2.05) is 20.0 Å². The van der Waals surface area contributed by atoms with Gasteiger partial charge in [-0.05, 0) is 32.2 Å². The predicted molar refractivity (Wildman–Crippen MR) is 71.7 cm³/mol. The third kappa shape index (κ3) is 3.82. The first-order valence-electron chi connectivity index (χ1n) is 4.88. The second-order valence-corrected chi connectivity index (χ2v) is 5.69. The maximum atomic E-state index is 9.25. The van der Waals surface area contributed by atoms with E-state index in [0.717, 1.165) is 10.6 Å². The Kier molecular flexibility index (Phi) is 5.41. The molecule has 1 unspecified atom stereocenters. The van der Waals surface area contributed by atoms with Crippen LogP contribution in [0.5, 0.6) is 0 Å². The molecule has 0 saturated carbocycles. The molecule has 2 N–H and O–H groups in total. The molecule has 0 radical (unpaired) electrons. The Hall–Kier alpha value is 0.0700. The fourth-order valence-electron chi connectivity index (χ4n) is 1.02. The van der Waals surface area contributed by atoms with E-state index < -0.39 is 0 Å². The van der Waals surface area contributed by atoms with Crippen molar-refractivity contribution < 1.29 is 5.11 Å². The highest BCUT2D eigenvalue weighted by atomic mass is 35.5. The lowest BCUT2D eigenvalue weighted by atomic mass is 10.1. The fraction of sp³-hybridized carbons (Fsp3) is 0.455. The van der Waals surface area contributed by atoms with Crippen molar-refractivity contribution in [2.45, 2.75) is 17.4 Å². The van der Waals surface area contributed by atoms with Crippen molar-refractivity contribution in [2.75, 3.05) is 19.4 Å². The normalized spacial score (nSPS) is 14.8. The van der Waals surface area contributed by atoms with Crippen LogP contribution < -0.4 is 5.32 Å². The molecule has 5 heteroatoms. The van der Waals surface area contributed by atoms with E-state index in [2.05, 4.69) is 5.32 Å². The molecule has 0 amide bonds. The Bertz CT molecular complexity index is 356. The molecule has 1 rings (SSSR count). The summed E-state index contributed by atoms with van der Waals surface area (Å²) < 4.78 is 0. The third-order valence-corrected chi connectivity index (χ3v) is 4.50. The minimum absolute atomic E-state index is 0.0781. The molecular weight excluding hydrogens is 265 g/mol. The van der Waals surface area contributed by atoms with Crippen molar-refractivity contribution in [3.63, 3.8) is 0 Å². The lowest BCUT2D eigenvalue weighted by Gasteiger charge is -2.26. The number of thioether (sulfide) groups is 1. The summed E-state index contributed by atoms with van der Waals surface area (Å²) in [5.74, 6) is 0.722. The zero-order valence-electron chi connectivity index (χ0n) is 9.26. The zero-order valence-corrected chi connectivity index (χ0v) is 11.6. The van der Waals surface area contributed by atoms with Crippen LogP contribution >= 0.6 is 35.0 Å². The van der Waals surface area contributed by atoms with Gasteiger partial charge in [-0.25, -0.2) is 0 Å². The second kappa shape index (κ2) is 6.12. The van der Waals surface area contributed by atoms with Gasteiger partial charge in [0.2, 0.25) is 0 Å². The van der Waals surface area contributed by atoms with Crippen molar-refractivity contribution >= 4 is 35.0 Å². The van der Waals surface area contributed by atoms with E-state index in [-0.39, 0.29) is 12.1 Å². The van der Waals surface area contributed by atoms with E-state index in [4.69, 9.17) is 23.2 Å². The smallest absolute Gasteiger partial charge is 0.0618 e. The van der Waals surface area contributed by atoms with Gasteiger partial charge in [-0.1, -0.05) is 23.2 Å². The van der Waals surface area contributed by atoms with Crippen LogP contribution in [-0.2, 0) is 0 Å². The molecule has 0 aliphatic heterocycles. The van der Waals surface area contributed by atoms with Gasteiger partial charge in [0.1, 0.15) is 0 Å². The molecule has 90 valence electrons. The van der Waals surface area contributed by atoms with Gasteiger partial charge in [-0.3, -0.25) is 0 Å². The van der Waals surface area contributed by atoms with Crippen LogP contribution in [0, 0.1) is 0 Å². The number of benzene rings is 1. The summed E-state index contributed by atoms with van der Waals surface area (Å²) in [6, 6.07) is 5.38. The molecule has 0 aliphatic rings. The van der Waals surface area contributed by atoms with Crippen molar-refractivity contribution in [3.8, 4) is 0 Å². The fourth-order valence-corrected chi connectivity index (χ4v) is 2.67. The van der Waals surface area contributed by atoms with Gasteiger partial charge in [0.15, 0.2) is 0 Å². The maximum absolute atomic E-state index is 9.25. The lowest BCUT2D eigenvalue weighted by Crippen LogP contribution is -2.45. The summed E-state index contributed by atoms with van der Waals surface area (Å²) in [5.41, 5.74) is -0.309. The molecule has 1 aromatic carbocycles. The first kappa shape index (κ1) is 14.1. The van der Waals surface area contributed by atoms with Crippen molar-refractivity contribution in [1.82, 2.24) is 5.32 Å². The molecule has 0 fully saturated rings. The van der Waals surface area contributed by atoms with Gasteiger partial charge in [0.25, 0.3) is 0 Å². The number of hydrogen-bond donors (Lipinski definition) is 2. The van der Waals surface area contributed by atoms with Gasteiger partial charge in [-0.2, -0.15) is 0 Å². The third-order valence-electron chi connectivity index (χ3n) is 2.39. The Morgan fingerprint density at radius 3 is 2.69 bits per heavy atom. The van der Waals surface area contributed by atoms with Crippen molar-refractivity contribution in [1.29, 1.82) is 0 Å². The monoisotopic (exact) mass is 279 g/mol. The summed E-state index contributed by atoms with van der Waals surface area (Å²) in [5, 5.41) is 13.7. The molecule has 1 atom stereocenters. The Morgan fingerprint density at radius 1 is 1.44 bits per heavy atom. The molecule has 2 nitrogen and oxygen atoms in total. The number of likely N-dealkylation sites (N-methyl/N-ethyl adjacent to an activating group) is 1. The van der Waals surface area contributed by atoms with Gasteiger partial charge in [-0.15, -0.1) is 11.8 Å². The molecule has 1 aromatic rings. The number of halogens is 2. The van der Waals surface area contributed by atoms with Crippen LogP contribution in [0.25, 0.3) is 0 Å². The average Bonchev–Trinajstić information content (AvgIpc) is 2.30. The summed E-state index contributed by atoms with van der Waals surface area (Å²) >= 11 is 13.5. The Morgan fingerprint density at radius 2 is 2.12 bits per heavy atom. The van der Waals surface area contributed by atoms with Gasteiger partial charge >= 0.3 is 0 Å². The van der Waals surface area contributed by atoms with Crippen LogP contribution in [0.1, 0.15) is 6.92 Å². The Balaban J connectivity index is 2.70. The highest BCUT2D eigenvalue weighted by Crippen LogP contribution is 2.31. The molecular formula is C11H15Cl2NOS. The van der Waals surface area contributed by atoms with Gasteiger partial charge in [0.05, 0.1) is 11.6 Å². The second-order valence-electron chi connectivity index (χ2n) is 3.83. The van der Waals surface area contributed by atoms with Crippen LogP contribution in [0.2, 0.25) is 10.0 Å².